The van der Waals surface area contributed by atoms with E-state index < -0.39 is 25.4 Å². The van der Waals surface area contributed by atoms with Crippen molar-refractivity contribution in [3.8, 4) is 0 Å². The highest BCUT2D eigenvalue weighted by molar-refractivity contribution is 9.10. The lowest BCUT2D eigenvalue weighted by molar-refractivity contribution is 0.0463. The first-order chi connectivity index (χ1) is 10.9. The zero-order valence-corrected chi connectivity index (χ0v) is 19.0. The predicted molar refractivity (Wildman–Crippen MR) is 104 cm³/mol. The SMILES string of the molecule is CC(C)(C)[SiH2]OC(C)(C)C1CCCN1S(=O)(=O)c1ccc(Br)cc1. The summed E-state index contributed by atoms with van der Waals surface area (Å²) in [4.78, 5) is 0.349. The topological polar surface area (TPSA) is 46.6 Å². The molecule has 1 aromatic rings. The molecule has 0 spiro atoms. The van der Waals surface area contributed by atoms with Crippen LogP contribution < -0.4 is 0 Å². The van der Waals surface area contributed by atoms with E-state index in [0.29, 0.717) is 11.4 Å². The van der Waals surface area contributed by atoms with Crippen LogP contribution in [0.15, 0.2) is 33.6 Å². The maximum Gasteiger partial charge on any atom is 0.243 e. The van der Waals surface area contributed by atoms with E-state index in [1.54, 1.807) is 28.6 Å². The molecule has 1 aliphatic rings. The van der Waals surface area contributed by atoms with E-state index in [-0.39, 0.29) is 11.1 Å². The summed E-state index contributed by atoms with van der Waals surface area (Å²) in [5.74, 6) is 0. The van der Waals surface area contributed by atoms with E-state index in [0.717, 1.165) is 17.3 Å². The van der Waals surface area contributed by atoms with Gasteiger partial charge in [0.05, 0.1) is 16.5 Å². The molecule has 1 unspecified atom stereocenters. The van der Waals surface area contributed by atoms with Crippen LogP contribution in [0.25, 0.3) is 0 Å². The van der Waals surface area contributed by atoms with Crippen LogP contribution in [-0.2, 0) is 14.4 Å². The molecule has 1 atom stereocenters. The van der Waals surface area contributed by atoms with Gasteiger partial charge in [0.15, 0.2) is 9.76 Å². The van der Waals surface area contributed by atoms with Crippen molar-refractivity contribution < 1.29 is 12.8 Å². The molecule has 0 amide bonds. The Hall–Kier alpha value is -0.213. The fourth-order valence-electron chi connectivity index (χ4n) is 2.96. The van der Waals surface area contributed by atoms with Gasteiger partial charge in [0.1, 0.15) is 0 Å². The fourth-order valence-corrected chi connectivity index (χ4v) is 6.04. The van der Waals surface area contributed by atoms with Crippen LogP contribution in [0.5, 0.6) is 0 Å². The summed E-state index contributed by atoms with van der Waals surface area (Å²) in [6.07, 6.45) is 1.73. The van der Waals surface area contributed by atoms with Crippen molar-refractivity contribution >= 4 is 35.7 Å². The van der Waals surface area contributed by atoms with Crippen molar-refractivity contribution in [3.63, 3.8) is 0 Å². The quantitative estimate of drug-likeness (QED) is 0.664. The maximum atomic E-state index is 13.1. The number of hydrogen-bond donors (Lipinski definition) is 0. The molecule has 1 aromatic carbocycles. The molecule has 7 heteroatoms. The minimum atomic E-state index is -3.49. The normalized spacial score (nSPS) is 21.0. The molecule has 24 heavy (non-hydrogen) atoms. The summed E-state index contributed by atoms with van der Waals surface area (Å²) < 4.78 is 34.9. The van der Waals surface area contributed by atoms with E-state index in [4.69, 9.17) is 4.43 Å². The Balaban J connectivity index is 2.24. The highest BCUT2D eigenvalue weighted by atomic mass is 79.9. The molecule has 1 fully saturated rings. The zero-order valence-electron chi connectivity index (χ0n) is 15.2. The van der Waals surface area contributed by atoms with Gasteiger partial charge in [-0.25, -0.2) is 8.42 Å². The van der Waals surface area contributed by atoms with Gasteiger partial charge in [0.25, 0.3) is 0 Å². The highest BCUT2D eigenvalue weighted by Gasteiger charge is 2.44. The zero-order chi connectivity index (χ0) is 18.2. The fraction of sp³-hybridized carbons (Fsp3) is 0.647. The smallest absolute Gasteiger partial charge is 0.243 e. The van der Waals surface area contributed by atoms with Gasteiger partial charge in [-0.05, 0) is 56.0 Å². The van der Waals surface area contributed by atoms with Gasteiger partial charge in [-0.15, -0.1) is 0 Å². The predicted octanol–water partition coefficient (Wildman–Crippen LogP) is 3.70. The van der Waals surface area contributed by atoms with Gasteiger partial charge in [0, 0.05) is 11.0 Å². The average Bonchev–Trinajstić information content (AvgIpc) is 2.96. The van der Waals surface area contributed by atoms with Gasteiger partial charge >= 0.3 is 0 Å². The maximum absolute atomic E-state index is 13.1. The number of hydrogen-bond acceptors (Lipinski definition) is 3. The third-order valence-electron chi connectivity index (χ3n) is 4.30. The molecule has 136 valence electrons. The Morgan fingerprint density at radius 3 is 2.29 bits per heavy atom. The monoisotopic (exact) mass is 433 g/mol. The van der Waals surface area contributed by atoms with Gasteiger partial charge in [-0.3, -0.25) is 0 Å². The van der Waals surface area contributed by atoms with E-state index in [2.05, 4.69) is 36.7 Å². The Morgan fingerprint density at radius 1 is 1.17 bits per heavy atom. The van der Waals surface area contributed by atoms with Crippen molar-refractivity contribution in [2.24, 2.45) is 0 Å². The molecular formula is C17H28BrNO3SSi. The number of nitrogens with zero attached hydrogens (tertiary/aromatic N) is 1. The number of benzene rings is 1. The van der Waals surface area contributed by atoms with Crippen LogP contribution in [0.3, 0.4) is 0 Å². The number of halogens is 1. The van der Waals surface area contributed by atoms with Crippen molar-refractivity contribution in [2.75, 3.05) is 6.54 Å². The lowest BCUT2D eigenvalue weighted by Crippen LogP contribution is -2.50. The summed E-state index contributed by atoms with van der Waals surface area (Å²) in [5, 5.41) is 0.186. The van der Waals surface area contributed by atoms with Crippen molar-refractivity contribution in [3.05, 3.63) is 28.7 Å². The lowest BCUT2D eigenvalue weighted by Gasteiger charge is -2.39. The molecule has 0 aliphatic carbocycles. The first kappa shape index (κ1) is 20.1. The molecule has 1 aliphatic heterocycles. The molecule has 0 aromatic heterocycles. The van der Waals surface area contributed by atoms with Gasteiger partial charge in [-0.1, -0.05) is 36.7 Å². The van der Waals surface area contributed by atoms with Crippen molar-refractivity contribution in [2.45, 2.75) is 69.0 Å². The standard InChI is InChI=1S/C17H28BrNO3SSi/c1-16(2,3)24-22-17(4,5)15-7-6-12-19(15)23(20,21)14-10-8-13(18)9-11-14/h8-11,15H,6-7,12,24H2,1-5H3. The van der Waals surface area contributed by atoms with E-state index >= 15 is 0 Å². The Morgan fingerprint density at radius 2 is 1.75 bits per heavy atom. The average molecular weight is 434 g/mol. The molecule has 0 N–H and O–H groups in total. The van der Waals surface area contributed by atoms with Crippen LogP contribution in [-0.4, -0.2) is 40.7 Å². The van der Waals surface area contributed by atoms with Crippen molar-refractivity contribution in [1.82, 2.24) is 4.31 Å². The largest absolute Gasteiger partial charge is 0.417 e. The Kier molecular flexibility index (Phi) is 6.02. The summed E-state index contributed by atoms with van der Waals surface area (Å²) in [6, 6.07) is 6.75. The molecule has 0 radical (unpaired) electrons. The summed E-state index contributed by atoms with van der Waals surface area (Å²) in [6.45, 7) is 11.2. The number of sulfonamides is 1. The molecule has 4 nitrogen and oxygen atoms in total. The summed E-state index contributed by atoms with van der Waals surface area (Å²) >= 11 is 3.35. The third kappa shape index (κ3) is 4.69. The van der Waals surface area contributed by atoms with Gasteiger partial charge in [0.2, 0.25) is 10.0 Å². The van der Waals surface area contributed by atoms with E-state index in [1.807, 2.05) is 13.8 Å². The summed E-state index contributed by atoms with van der Waals surface area (Å²) in [7, 11) is -4.24. The molecule has 0 saturated carbocycles. The molecule has 2 rings (SSSR count). The van der Waals surface area contributed by atoms with Gasteiger partial charge in [-0.2, -0.15) is 4.31 Å². The highest BCUT2D eigenvalue weighted by Crippen LogP contribution is 2.35. The minimum Gasteiger partial charge on any atom is -0.417 e. The molecule has 0 bridgehead atoms. The second-order valence-electron chi connectivity index (χ2n) is 8.18. The van der Waals surface area contributed by atoms with Crippen LogP contribution >= 0.6 is 15.9 Å². The third-order valence-corrected chi connectivity index (χ3v) is 8.51. The lowest BCUT2D eigenvalue weighted by atomic mass is 9.98. The summed E-state index contributed by atoms with van der Waals surface area (Å²) in [5.41, 5.74) is -0.460. The van der Waals surface area contributed by atoms with Gasteiger partial charge < -0.3 is 4.43 Å². The van der Waals surface area contributed by atoms with Crippen LogP contribution in [0, 0.1) is 0 Å². The van der Waals surface area contributed by atoms with Crippen LogP contribution in [0.1, 0.15) is 47.5 Å². The van der Waals surface area contributed by atoms with E-state index in [9.17, 15) is 8.42 Å². The van der Waals surface area contributed by atoms with E-state index in [1.165, 1.54) is 0 Å². The van der Waals surface area contributed by atoms with Crippen molar-refractivity contribution in [1.29, 1.82) is 0 Å². The first-order valence-electron chi connectivity index (χ1n) is 8.35. The van der Waals surface area contributed by atoms with Crippen LogP contribution in [0.4, 0.5) is 0 Å². The molecule has 1 saturated heterocycles. The Labute approximate surface area is 157 Å². The molecular weight excluding hydrogens is 406 g/mol. The number of rotatable bonds is 5. The second-order valence-corrected chi connectivity index (χ2v) is 13.7. The van der Waals surface area contributed by atoms with Crippen LogP contribution in [0.2, 0.25) is 5.04 Å². The minimum absolute atomic E-state index is 0.110. The molecule has 1 heterocycles. The Bertz CT molecular complexity index is 668. The second kappa shape index (κ2) is 7.19. The first-order valence-corrected chi connectivity index (χ1v) is 11.9.